The van der Waals surface area contributed by atoms with Crippen LogP contribution in [0.25, 0.3) is 10.2 Å². The number of thiazole rings is 1. The lowest BCUT2D eigenvalue weighted by Crippen LogP contribution is -1.95. The Morgan fingerprint density at radius 2 is 1.36 bits per heavy atom. The SMILES string of the molecule is O=C(O)c1ccc(CSc2nc3ccccc3s2)cc1.c1ccc(Nc2ccccc2)cc1. The fourth-order valence-electron chi connectivity index (χ4n) is 3.01. The summed E-state index contributed by atoms with van der Waals surface area (Å²) in [4.78, 5) is 15.3. The molecule has 0 aliphatic heterocycles. The smallest absolute Gasteiger partial charge is 0.335 e. The van der Waals surface area contributed by atoms with E-state index in [9.17, 15) is 4.79 Å². The molecule has 2 N–H and O–H groups in total. The second-order valence-corrected chi connectivity index (χ2v) is 9.35. The van der Waals surface area contributed by atoms with Gasteiger partial charge in [0.05, 0.1) is 15.8 Å². The standard InChI is InChI=1S/C15H11NO2S2.C12H11N/c17-14(18)11-7-5-10(6-8-11)9-19-15-16-12-3-1-2-4-13(12)20-15;1-3-7-11(8-4-1)13-12-9-5-2-6-10-12/h1-8H,9H2,(H,17,18);1-10,13H. The maximum atomic E-state index is 10.8. The summed E-state index contributed by atoms with van der Waals surface area (Å²) in [6.07, 6.45) is 0. The third-order valence-corrected chi connectivity index (χ3v) is 6.92. The Hall–Kier alpha value is -3.61. The summed E-state index contributed by atoms with van der Waals surface area (Å²) < 4.78 is 2.23. The summed E-state index contributed by atoms with van der Waals surface area (Å²) in [5, 5.41) is 12.2. The molecule has 0 saturated carbocycles. The van der Waals surface area contributed by atoms with Gasteiger partial charge in [-0.2, -0.15) is 0 Å². The number of fused-ring (bicyclic) bond motifs is 1. The number of carbonyl (C=O) groups is 1. The predicted molar refractivity (Wildman–Crippen MR) is 139 cm³/mol. The Morgan fingerprint density at radius 3 is 1.94 bits per heavy atom. The van der Waals surface area contributed by atoms with E-state index in [2.05, 4.69) is 16.4 Å². The molecular weight excluding hydrogens is 448 g/mol. The summed E-state index contributed by atoms with van der Waals surface area (Å²) in [7, 11) is 0. The van der Waals surface area contributed by atoms with Gasteiger partial charge in [0.1, 0.15) is 0 Å². The molecule has 0 saturated heterocycles. The van der Waals surface area contributed by atoms with E-state index in [4.69, 9.17) is 5.11 Å². The van der Waals surface area contributed by atoms with Gasteiger partial charge < -0.3 is 10.4 Å². The Kier molecular flexibility index (Phi) is 7.74. The zero-order valence-electron chi connectivity index (χ0n) is 17.7. The highest BCUT2D eigenvalue weighted by molar-refractivity contribution is 8.00. The molecule has 4 nitrogen and oxygen atoms in total. The number of thioether (sulfide) groups is 1. The molecule has 0 unspecified atom stereocenters. The van der Waals surface area contributed by atoms with Crippen molar-refractivity contribution in [2.24, 2.45) is 0 Å². The van der Waals surface area contributed by atoms with Gasteiger partial charge in [-0.15, -0.1) is 11.3 Å². The predicted octanol–water partition coefficient (Wildman–Crippen LogP) is 7.72. The number of aromatic nitrogens is 1. The van der Waals surface area contributed by atoms with Crippen LogP contribution in [0.15, 0.2) is 114 Å². The first-order valence-corrected chi connectivity index (χ1v) is 12.2. The Labute approximate surface area is 201 Å². The lowest BCUT2D eigenvalue weighted by Gasteiger charge is -2.04. The number of nitrogens with zero attached hydrogens (tertiary/aromatic N) is 1. The van der Waals surface area contributed by atoms with E-state index in [0.717, 1.165) is 32.5 Å². The van der Waals surface area contributed by atoms with Crippen LogP contribution in [0.3, 0.4) is 0 Å². The van der Waals surface area contributed by atoms with E-state index in [-0.39, 0.29) is 0 Å². The van der Waals surface area contributed by atoms with Crippen LogP contribution in [-0.2, 0) is 5.75 Å². The molecule has 0 bridgehead atoms. The molecule has 1 aromatic heterocycles. The van der Waals surface area contributed by atoms with Crippen LogP contribution >= 0.6 is 23.1 Å². The number of para-hydroxylation sites is 3. The molecule has 5 aromatic rings. The Balaban J connectivity index is 0.000000172. The molecule has 0 spiro atoms. The van der Waals surface area contributed by atoms with Crippen molar-refractivity contribution in [3.63, 3.8) is 0 Å². The molecular formula is C27H22N2O2S2. The molecule has 4 aromatic carbocycles. The number of carboxylic acid groups (broad SMARTS) is 1. The lowest BCUT2D eigenvalue weighted by atomic mass is 10.1. The van der Waals surface area contributed by atoms with E-state index in [1.807, 2.05) is 91.0 Å². The summed E-state index contributed by atoms with van der Waals surface area (Å²) in [6, 6.07) is 35.3. The number of benzene rings is 4. The number of hydrogen-bond donors (Lipinski definition) is 2. The maximum Gasteiger partial charge on any atom is 0.335 e. The number of hydrogen-bond acceptors (Lipinski definition) is 5. The minimum Gasteiger partial charge on any atom is -0.478 e. The van der Waals surface area contributed by atoms with Gasteiger partial charge in [-0.05, 0) is 54.1 Å². The Morgan fingerprint density at radius 1 is 0.788 bits per heavy atom. The first kappa shape index (κ1) is 22.6. The van der Waals surface area contributed by atoms with Crippen LogP contribution in [0.1, 0.15) is 15.9 Å². The van der Waals surface area contributed by atoms with Gasteiger partial charge in [0.15, 0.2) is 4.34 Å². The largest absolute Gasteiger partial charge is 0.478 e. The Bertz CT molecular complexity index is 1230. The molecule has 0 aliphatic rings. The van der Waals surface area contributed by atoms with Crippen LogP contribution in [-0.4, -0.2) is 16.1 Å². The van der Waals surface area contributed by atoms with Gasteiger partial charge in [-0.1, -0.05) is 72.4 Å². The number of nitrogens with one attached hydrogen (secondary N) is 1. The molecule has 0 fully saturated rings. The average Bonchev–Trinajstić information content (AvgIpc) is 3.28. The van der Waals surface area contributed by atoms with Crippen molar-refractivity contribution in [2.45, 2.75) is 10.1 Å². The summed E-state index contributed by atoms with van der Waals surface area (Å²) >= 11 is 3.36. The van der Waals surface area contributed by atoms with Crippen molar-refractivity contribution in [3.05, 3.63) is 120 Å². The minimum atomic E-state index is -0.893. The van der Waals surface area contributed by atoms with E-state index in [1.165, 1.54) is 4.70 Å². The van der Waals surface area contributed by atoms with Gasteiger partial charge in [0, 0.05) is 17.1 Å². The van der Waals surface area contributed by atoms with Gasteiger partial charge in [0.2, 0.25) is 0 Å². The quantitative estimate of drug-likeness (QED) is 0.249. The number of anilines is 2. The second-order valence-electron chi connectivity index (χ2n) is 7.10. The molecule has 1 heterocycles. The van der Waals surface area contributed by atoms with Crippen molar-refractivity contribution in [1.82, 2.24) is 4.98 Å². The van der Waals surface area contributed by atoms with Crippen LogP contribution in [0.4, 0.5) is 11.4 Å². The van der Waals surface area contributed by atoms with Gasteiger partial charge in [-0.25, -0.2) is 9.78 Å². The molecule has 33 heavy (non-hydrogen) atoms. The van der Waals surface area contributed by atoms with Gasteiger partial charge in [-0.3, -0.25) is 0 Å². The second kappa shape index (κ2) is 11.3. The fourth-order valence-corrected chi connectivity index (χ4v) is 5.04. The summed E-state index contributed by atoms with van der Waals surface area (Å²) in [5.41, 5.74) is 4.68. The number of rotatable bonds is 6. The maximum absolute atomic E-state index is 10.8. The molecule has 0 atom stereocenters. The normalized spacial score (nSPS) is 10.3. The third kappa shape index (κ3) is 6.68. The molecule has 164 valence electrons. The van der Waals surface area contributed by atoms with E-state index in [1.54, 1.807) is 35.2 Å². The zero-order chi connectivity index (χ0) is 22.9. The fraction of sp³-hybridized carbons (Fsp3) is 0.0370. The topological polar surface area (TPSA) is 62.2 Å². The van der Waals surface area contributed by atoms with Crippen molar-refractivity contribution in [2.75, 3.05) is 5.32 Å². The van der Waals surface area contributed by atoms with Crippen LogP contribution in [0.2, 0.25) is 0 Å². The highest BCUT2D eigenvalue weighted by Gasteiger charge is 2.05. The van der Waals surface area contributed by atoms with E-state index < -0.39 is 5.97 Å². The highest BCUT2D eigenvalue weighted by Crippen LogP contribution is 2.31. The minimum absolute atomic E-state index is 0.318. The summed E-state index contributed by atoms with van der Waals surface area (Å²) in [5.74, 6) is -0.102. The molecule has 0 radical (unpaired) electrons. The van der Waals surface area contributed by atoms with E-state index in [0.29, 0.717) is 5.56 Å². The van der Waals surface area contributed by atoms with Crippen molar-refractivity contribution < 1.29 is 9.90 Å². The average molecular weight is 471 g/mol. The van der Waals surface area contributed by atoms with Crippen LogP contribution in [0.5, 0.6) is 0 Å². The van der Waals surface area contributed by atoms with E-state index >= 15 is 0 Å². The number of carboxylic acids is 1. The molecule has 0 aliphatic carbocycles. The first-order chi connectivity index (χ1) is 16.2. The van der Waals surface area contributed by atoms with Crippen molar-refractivity contribution in [3.8, 4) is 0 Å². The van der Waals surface area contributed by atoms with Gasteiger partial charge in [0.25, 0.3) is 0 Å². The first-order valence-electron chi connectivity index (χ1n) is 10.3. The van der Waals surface area contributed by atoms with Crippen LogP contribution < -0.4 is 5.32 Å². The van der Waals surface area contributed by atoms with Crippen molar-refractivity contribution >= 4 is 50.7 Å². The molecule has 0 amide bonds. The highest BCUT2D eigenvalue weighted by atomic mass is 32.2. The molecule has 6 heteroatoms. The van der Waals surface area contributed by atoms with Crippen LogP contribution in [0, 0.1) is 0 Å². The number of aromatic carboxylic acids is 1. The van der Waals surface area contributed by atoms with Gasteiger partial charge >= 0.3 is 5.97 Å². The molecule has 5 rings (SSSR count). The van der Waals surface area contributed by atoms with Crippen molar-refractivity contribution in [1.29, 1.82) is 0 Å². The lowest BCUT2D eigenvalue weighted by molar-refractivity contribution is 0.0697. The monoisotopic (exact) mass is 470 g/mol. The zero-order valence-corrected chi connectivity index (χ0v) is 19.4. The summed E-state index contributed by atoms with van der Waals surface area (Å²) in [6.45, 7) is 0. The third-order valence-electron chi connectivity index (χ3n) is 4.67.